The van der Waals surface area contributed by atoms with Crippen LogP contribution in [0.3, 0.4) is 0 Å². The van der Waals surface area contributed by atoms with Gasteiger partial charge in [0, 0.05) is 30.3 Å². The van der Waals surface area contributed by atoms with Crippen LogP contribution in [-0.2, 0) is 4.79 Å². The minimum Gasteiger partial charge on any atom is -0.326 e. The van der Waals surface area contributed by atoms with Crippen LogP contribution in [0.1, 0.15) is 29.8 Å². The molecule has 2 aromatic rings. The average Bonchev–Trinajstić information content (AvgIpc) is 2.59. The number of rotatable bonds is 5. The molecule has 8 nitrogen and oxygen atoms in total. The van der Waals surface area contributed by atoms with E-state index in [1.54, 1.807) is 31.2 Å². The van der Waals surface area contributed by atoms with Crippen LogP contribution in [0.15, 0.2) is 53.6 Å². The Labute approximate surface area is 143 Å². The van der Waals surface area contributed by atoms with Crippen LogP contribution in [0.25, 0.3) is 0 Å². The normalized spacial score (nSPS) is 10.9. The van der Waals surface area contributed by atoms with Gasteiger partial charge in [0.25, 0.3) is 11.6 Å². The van der Waals surface area contributed by atoms with Crippen molar-refractivity contribution in [3.05, 3.63) is 69.8 Å². The molecule has 0 atom stereocenters. The first-order chi connectivity index (χ1) is 11.9. The molecule has 2 amide bonds. The predicted octanol–water partition coefficient (Wildman–Crippen LogP) is 2.71. The van der Waals surface area contributed by atoms with E-state index >= 15 is 0 Å². The van der Waals surface area contributed by atoms with Crippen molar-refractivity contribution in [2.45, 2.75) is 13.8 Å². The maximum absolute atomic E-state index is 12.0. The molecule has 0 spiro atoms. The smallest absolute Gasteiger partial charge is 0.271 e. The van der Waals surface area contributed by atoms with Crippen LogP contribution >= 0.6 is 0 Å². The summed E-state index contributed by atoms with van der Waals surface area (Å²) in [5.74, 6) is -0.662. The minimum absolute atomic E-state index is 0.0916. The van der Waals surface area contributed by atoms with E-state index in [1.165, 1.54) is 31.2 Å². The predicted molar refractivity (Wildman–Crippen MR) is 93.5 cm³/mol. The molecule has 0 bridgehead atoms. The molecule has 0 fully saturated rings. The molecular weight excluding hydrogens is 324 g/mol. The van der Waals surface area contributed by atoms with Gasteiger partial charge in [0.15, 0.2) is 0 Å². The van der Waals surface area contributed by atoms with Gasteiger partial charge in [0.2, 0.25) is 5.91 Å². The van der Waals surface area contributed by atoms with Gasteiger partial charge in [-0.15, -0.1) is 0 Å². The van der Waals surface area contributed by atoms with Crippen molar-refractivity contribution in [1.29, 1.82) is 0 Å². The molecule has 0 heterocycles. The zero-order valence-corrected chi connectivity index (χ0v) is 13.6. The van der Waals surface area contributed by atoms with Gasteiger partial charge >= 0.3 is 0 Å². The second-order valence-corrected chi connectivity index (χ2v) is 5.20. The Morgan fingerprint density at radius 2 is 1.72 bits per heavy atom. The number of nitrogens with one attached hydrogen (secondary N) is 2. The van der Waals surface area contributed by atoms with E-state index in [1.807, 2.05) is 0 Å². The zero-order valence-electron chi connectivity index (χ0n) is 13.6. The van der Waals surface area contributed by atoms with Crippen molar-refractivity contribution >= 4 is 28.9 Å². The molecule has 2 aromatic carbocycles. The Balaban J connectivity index is 2.08. The van der Waals surface area contributed by atoms with Gasteiger partial charge in [-0.25, -0.2) is 5.43 Å². The third kappa shape index (κ3) is 4.96. The quantitative estimate of drug-likeness (QED) is 0.495. The number of carbonyl (C=O) groups is 2. The standard InChI is InChI=1S/C17H16N4O4/c1-11(14-4-3-5-15(10-14)18-12(2)22)19-20-17(23)13-6-8-16(9-7-13)21(24)25/h3-10H,1-2H3,(H,18,22)(H,20,23). The van der Waals surface area contributed by atoms with E-state index in [4.69, 9.17) is 0 Å². The van der Waals surface area contributed by atoms with Crippen molar-refractivity contribution in [1.82, 2.24) is 5.43 Å². The van der Waals surface area contributed by atoms with Gasteiger partial charge in [-0.1, -0.05) is 12.1 Å². The van der Waals surface area contributed by atoms with Crippen LogP contribution in [0.4, 0.5) is 11.4 Å². The van der Waals surface area contributed by atoms with E-state index < -0.39 is 10.8 Å². The third-order valence-electron chi connectivity index (χ3n) is 3.27. The number of hydrazone groups is 1. The fourth-order valence-corrected chi connectivity index (χ4v) is 2.02. The number of nitro benzene ring substituents is 1. The van der Waals surface area contributed by atoms with Gasteiger partial charge < -0.3 is 5.32 Å². The Morgan fingerprint density at radius 1 is 1.04 bits per heavy atom. The van der Waals surface area contributed by atoms with Crippen LogP contribution < -0.4 is 10.7 Å². The SMILES string of the molecule is CC(=O)Nc1cccc(C(C)=NNC(=O)c2ccc([N+](=O)[O-])cc2)c1. The molecule has 2 rings (SSSR count). The van der Waals surface area contributed by atoms with Gasteiger partial charge in [-0.3, -0.25) is 19.7 Å². The second kappa shape index (κ2) is 7.82. The first kappa shape index (κ1) is 17.8. The van der Waals surface area contributed by atoms with Crippen LogP contribution in [0, 0.1) is 10.1 Å². The van der Waals surface area contributed by atoms with E-state index in [9.17, 15) is 19.7 Å². The lowest BCUT2D eigenvalue weighted by Gasteiger charge is -2.06. The largest absolute Gasteiger partial charge is 0.326 e. The lowest BCUT2D eigenvalue weighted by molar-refractivity contribution is -0.384. The average molecular weight is 340 g/mol. The minimum atomic E-state index is -0.536. The Bertz CT molecular complexity index is 844. The van der Waals surface area contributed by atoms with Crippen LogP contribution in [0.5, 0.6) is 0 Å². The molecule has 0 aliphatic rings. The summed E-state index contributed by atoms with van der Waals surface area (Å²) in [6, 6.07) is 12.3. The van der Waals surface area contributed by atoms with Gasteiger partial charge in [0.05, 0.1) is 10.6 Å². The van der Waals surface area contributed by atoms with Crippen molar-refractivity contribution < 1.29 is 14.5 Å². The molecular formula is C17H16N4O4. The molecule has 0 aliphatic carbocycles. The summed E-state index contributed by atoms with van der Waals surface area (Å²) in [5.41, 5.74) is 4.47. The Kier molecular flexibility index (Phi) is 5.57. The van der Waals surface area contributed by atoms with Gasteiger partial charge in [-0.2, -0.15) is 5.10 Å². The number of nitrogens with zero attached hydrogens (tertiary/aromatic N) is 2. The number of hydrogen-bond acceptors (Lipinski definition) is 5. The molecule has 128 valence electrons. The van der Waals surface area contributed by atoms with E-state index in [-0.39, 0.29) is 17.2 Å². The summed E-state index contributed by atoms with van der Waals surface area (Å²) in [7, 11) is 0. The van der Waals surface area contributed by atoms with E-state index in [2.05, 4.69) is 15.8 Å². The second-order valence-electron chi connectivity index (χ2n) is 5.20. The fraction of sp³-hybridized carbons (Fsp3) is 0.118. The first-order valence-electron chi connectivity index (χ1n) is 7.34. The number of non-ortho nitro benzene ring substituents is 1. The monoisotopic (exact) mass is 340 g/mol. The van der Waals surface area contributed by atoms with E-state index in [0.29, 0.717) is 11.4 Å². The number of hydrogen-bond donors (Lipinski definition) is 2. The summed E-state index contributed by atoms with van der Waals surface area (Å²) >= 11 is 0. The first-order valence-corrected chi connectivity index (χ1v) is 7.34. The zero-order chi connectivity index (χ0) is 18.4. The molecule has 0 aromatic heterocycles. The lowest BCUT2D eigenvalue weighted by atomic mass is 10.1. The highest BCUT2D eigenvalue weighted by atomic mass is 16.6. The number of amides is 2. The molecule has 25 heavy (non-hydrogen) atoms. The van der Waals surface area contributed by atoms with Crippen molar-refractivity contribution in [3.8, 4) is 0 Å². The summed E-state index contributed by atoms with van der Waals surface area (Å²) in [6.45, 7) is 3.13. The van der Waals surface area contributed by atoms with Gasteiger partial charge in [0.1, 0.15) is 0 Å². The maximum atomic E-state index is 12.0. The van der Waals surface area contributed by atoms with E-state index in [0.717, 1.165) is 5.56 Å². The Hall–Kier alpha value is -3.55. The Morgan fingerprint density at radius 3 is 2.32 bits per heavy atom. The molecule has 0 saturated carbocycles. The number of carbonyl (C=O) groups excluding carboxylic acids is 2. The molecule has 8 heteroatoms. The number of anilines is 1. The van der Waals surface area contributed by atoms with Crippen LogP contribution in [0.2, 0.25) is 0 Å². The summed E-state index contributed by atoms with van der Waals surface area (Å²) in [5, 5.41) is 17.3. The molecule has 0 unspecified atom stereocenters. The molecule has 0 aliphatic heterocycles. The number of benzene rings is 2. The highest BCUT2D eigenvalue weighted by Crippen LogP contribution is 2.13. The van der Waals surface area contributed by atoms with Crippen LogP contribution in [-0.4, -0.2) is 22.4 Å². The summed E-state index contributed by atoms with van der Waals surface area (Å²) in [6.07, 6.45) is 0. The lowest BCUT2D eigenvalue weighted by Crippen LogP contribution is -2.19. The fourth-order valence-electron chi connectivity index (χ4n) is 2.02. The highest BCUT2D eigenvalue weighted by Gasteiger charge is 2.09. The van der Waals surface area contributed by atoms with Crippen molar-refractivity contribution in [3.63, 3.8) is 0 Å². The van der Waals surface area contributed by atoms with Crippen molar-refractivity contribution in [2.24, 2.45) is 5.10 Å². The summed E-state index contributed by atoms with van der Waals surface area (Å²) < 4.78 is 0. The third-order valence-corrected chi connectivity index (χ3v) is 3.27. The highest BCUT2D eigenvalue weighted by molar-refractivity contribution is 6.02. The summed E-state index contributed by atoms with van der Waals surface area (Å²) in [4.78, 5) is 33.2. The topological polar surface area (TPSA) is 114 Å². The molecule has 2 N–H and O–H groups in total. The molecule has 0 radical (unpaired) electrons. The number of nitro groups is 1. The van der Waals surface area contributed by atoms with Gasteiger partial charge in [-0.05, 0) is 36.8 Å². The molecule has 0 saturated heterocycles. The maximum Gasteiger partial charge on any atom is 0.271 e. The van der Waals surface area contributed by atoms with Crippen molar-refractivity contribution in [2.75, 3.05) is 5.32 Å².